The molecule has 21 heavy (non-hydrogen) atoms. The minimum Gasteiger partial charge on any atom is -0.350 e. The van der Waals surface area contributed by atoms with Crippen LogP contribution in [0.4, 0.5) is 0 Å². The summed E-state index contributed by atoms with van der Waals surface area (Å²) in [5, 5.41) is 2.98. The third kappa shape index (κ3) is 4.55. The first kappa shape index (κ1) is 15.5. The molecule has 0 spiro atoms. The van der Waals surface area contributed by atoms with E-state index in [2.05, 4.69) is 34.1 Å². The second-order valence-corrected chi connectivity index (χ2v) is 5.39. The Kier molecular flexibility index (Phi) is 5.73. The molecule has 1 fully saturated rings. The summed E-state index contributed by atoms with van der Waals surface area (Å²) in [5.74, 6) is 6.00. The first-order valence-electron chi connectivity index (χ1n) is 7.31. The molecule has 2 heterocycles. The van der Waals surface area contributed by atoms with Crippen LogP contribution >= 0.6 is 0 Å². The number of nitrogens with zero attached hydrogens (tertiary/aromatic N) is 2. The lowest BCUT2D eigenvalue weighted by Gasteiger charge is -2.29. The zero-order valence-corrected chi connectivity index (χ0v) is 12.4. The quantitative estimate of drug-likeness (QED) is 0.792. The number of piperidine rings is 1. The highest BCUT2D eigenvalue weighted by molar-refractivity contribution is 5.94. The fraction of sp³-hybridized carbons (Fsp3) is 0.500. The molecule has 3 N–H and O–H groups in total. The van der Waals surface area contributed by atoms with Gasteiger partial charge in [0.25, 0.3) is 5.91 Å². The van der Waals surface area contributed by atoms with Crippen molar-refractivity contribution in [3.8, 4) is 11.8 Å². The molecule has 0 aliphatic carbocycles. The molecule has 0 bridgehead atoms. The van der Waals surface area contributed by atoms with Gasteiger partial charge in [-0.25, -0.2) is 4.98 Å². The van der Waals surface area contributed by atoms with Crippen LogP contribution in [0.25, 0.3) is 0 Å². The molecule has 2 rings (SSSR count). The normalized spacial score (nSPS) is 18.7. The summed E-state index contributed by atoms with van der Waals surface area (Å²) >= 11 is 0. The summed E-state index contributed by atoms with van der Waals surface area (Å²) in [6, 6.07) is 3.56. The second kappa shape index (κ2) is 7.77. The highest BCUT2D eigenvalue weighted by Gasteiger charge is 2.19. The standard InChI is InChI=1S/C16H22N4O/c1-20-10-4-5-13(12-20)11-19-16(21)15-14(6-2-8-17)7-3-9-18-15/h3,7,9,13H,4-5,8,10-12,17H2,1H3,(H,19,21). The van der Waals surface area contributed by atoms with Crippen molar-refractivity contribution in [2.75, 3.05) is 33.2 Å². The summed E-state index contributed by atoms with van der Waals surface area (Å²) in [6.45, 7) is 3.12. The molecule has 5 nitrogen and oxygen atoms in total. The number of amides is 1. The van der Waals surface area contributed by atoms with E-state index in [1.165, 1.54) is 6.42 Å². The van der Waals surface area contributed by atoms with Gasteiger partial charge in [0.05, 0.1) is 12.1 Å². The van der Waals surface area contributed by atoms with Crippen LogP contribution in [-0.2, 0) is 0 Å². The number of hydrogen-bond acceptors (Lipinski definition) is 4. The van der Waals surface area contributed by atoms with Crippen molar-refractivity contribution in [2.45, 2.75) is 12.8 Å². The van der Waals surface area contributed by atoms with E-state index in [4.69, 9.17) is 5.73 Å². The van der Waals surface area contributed by atoms with Crippen LogP contribution in [0.2, 0.25) is 0 Å². The summed E-state index contributed by atoms with van der Waals surface area (Å²) in [4.78, 5) is 18.7. The molecule has 112 valence electrons. The maximum Gasteiger partial charge on any atom is 0.271 e. The number of likely N-dealkylation sites (tertiary alicyclic amines) is 1. The van der Waals surface area contributed by atoms with E-state index in [1.807, 2.05) is 0 Å². The van der Waals surface area contributed by atoms with Gasteiger partial charge in [-0.1, -0.05) is 11.8 Å². The van der Waals surface area contributed by atoms with Gasteiger partial charge in [0.2, 0.25) is 0 Å². The largest absolute Gasteiger partial charge is 0.350 e. The van der Waals surface area contributed by atoms with E-state index in [0.29, 0.717) is 23.7 Å². The van der Waals surface area contributed by atoms with Crippen LogP contribution in [0, 0.1) is 17.8 Å². The monoisotopic (exact) mass is 286 g/mol. The van der Waals surface area contributed by atoms with Crippen molar-refractivity contribution in [1.29, 1.82) is 0 Å². The molecule has 1 saturated heterocycles. The summed E-state index contributed by atoms with van der Waals surface area (Å²) in [5.41, 5.74) is 6.38. The molecule has 0 aromatic carbocycles. The van der Waals surface area contributed by atoms with Crippen LogP contribution in [0.3, 0.4) is 0 Å². The van der Waals surface area contributed by atoms with Crippen LogP contribution in [-0.4, -0.2) is 49.0 Å². The van der Waals surface area contributed by atoms with E-state index in [-0.39, 0.29) is 12.5 Å². The topological polar surface area (TPSA) is 71.2 Å². The minimum atomic E-state index is -0.162. The Morgan fingerprint density at radius 2 is 2.48 bits per heavy atom. The van der Waals surface area contributed by atoms with E-state index in [0.717, 1.165) is 19.5 Å². The van der Waals surface area contributed by atoms with E-state index >= 15 is 0 Å². The number of rotatable bonds is 3. The SMILES string of the molecule is CN1CCCC(CNC(=O)c2ncccc2C#CCN)C1. The number of carbonyl (C=O) groups excluding carboxylic acids is 1. The molecule has 1 unspecified atom stereocenters. The molecule has 1 aromatic rings. The Labute approximate surface area is 125 Å². The Bertz CT molecular complexity index is 547. The van der Waals surface area contributed by atoms with E-state index in [1.54, 1.807) is 18.3 Å². The lowest BCUT2D eigenvalue weighted by atomic mass is 9.98. The predicted molar refractivity (Wildman–Crippen MR) is 82.7 cm³/mol. The van der Waals surface area contributed by atoms with E-state index < -0.39 is 0 Å². The number of aromatic nitrogens is 1. The van der Waals surface area contributed by atoms with Gasteiger partial charge < -0.3 is 16.0 Å². The van der Waals surface area contributed by atoms with Crippen molar-refractivity contribution in [3.05, 3.63) is 29.6 Å². The van der Waals surface area contributed by atoms with Crippen LogP contribution in [0.1, 0.15) is 28.9 Å². The van der Waals surface area contributed by atoms with Crippen molar-refractivity contribution >= 4 is 5.91 Å². The smallest absolute Gasteiger partial charge is 0.271 e. The Morgan fingerprint density at radius 3 is 3.24 bits per heavy atom. The number of hydrogen-bond donors (Lipinski definition) is 2. The Morgan fingerprint density at radius 1 is 1.62 bits per heavy atom. The third-order valence-corrected chi connectivity index (χ3v) is 3.62. The first-order chi connectivity index (χ1) is 10.2. The fourth-order valence-corrected chi connectivity index (χ4v) is 2.59. The van der Waals surface area contributed by atoms with Gasteiger partial charge in [0, 0.05) is 19.3 Å². The maximum absolute atomic E-state index is 12.3. The lowest BCUT2D eigenvalue weighted by Crippen LogP contribution is -2.39. The zero-order chi connectivity index (χ0) is 15.1. The maximum atomic E-state index is 12.3. The highest BCUT2D eigenvalue weighted by atomic mass is 16.1. The number of pyridine rings is 1. The van der Waals surface area contributed by atoms with Gasteiger partial charge in [-0.05, 0) is 44.5 Å². The molecule has 5 heteroatoms. The molecular formula is C16H22N4O. The molecule has 0 saturated carbocycles. The fourth-order valence-electron chi connectivity index (χ4n) is 2.59. The minimum absolute atomic E-state index is 0.162. The van der Waals surface area contributed by atoms with Crippen molar-refractivity contribution < 1.29 is 4.79 Å². The van der Waals surface area contributed by atoms with E-state index in [9.17, 15) is 4.79 Å². The zero-order valence-electron chi connectivity index (χ0n) is 12.4. The molecule has 1 amide bonds. The number of carbonyl (C=O) groups is 1. The number of nitrogens with two attached hydrogens (primary N) is 1. The molecule has 1 atom stereocenters. The lowest BCUT2D eigenvalue weighted by molar-refractivity contribution is 0.0931. The Hall–Kier alpha value is -1.90. The highest BCUT2D eigenvalue weighted by Crippen LogP contribution is 2.14. The van der Waals surface area contributed by atoms with Crippen LogP contribution in [0.15, 0.2) is 18.3 Å². The van der Waals surface area contributed by atoms with Crippen molar-refractivity contribution in [2.24, 2.45) is 11.7 Å². The average Bonchev–Trinajstić information content (AvgIpc) is 2.51. The van der Waals surface area contributed by atoms with Crippen molar-refractivity contribution in [3.63, 3.8) is 0 Å². The second-order valence-electron chi connectivity index (χ2n) is 5.39. The van der Waals surface area contributed by atoms with Gasteiger partial charge in [0.1, 0.15) is 5.69 Å². The van der Waals surface area contributed by atoms with Gasteiger partial charge in [-0.3, -0.25) is 4.79 Å². The Balaban J connectivity index is 1.97. The van der Waals surface area contributed by atoms with Gasteiger partial charge in [0.15, 0.2) is 0 Å². The van der Waals surface area contributed by atoms with Gasteiger partial charge >= 0.3 is 0 Å². The predicted octanol–water partition coefficient (Wildman–Crippen LogP) is 0.463. The van der Waals surface area contributed by atoms with Crippen LogP contribution < -0.4 is 11.1 Å². The summed E-state index contributed by atoms with van der Waals surface area (Å²) in [6.07, 6.45) is 3.96. The average molecular weight is 286 g/mol. The third-order valence-electron chi connectivity index (χ3n) is 3.62. The number of nitrogens with one attached hydrogen (secondary N) is 1. The first-order valence-corrected chi connectivity index (χ1v) is 7.31. The molecule has 1 aliphatic heterocycles. The van der Waals surface area contributed by atoms with Gasteiger partial charge in [-0.2, -0.15) is 0 Å². The molecule has 0 radical (unpaired) electrons. The van der Waals surface area contributed by atoms with Crippen LogP contribution in [0.5, 0.6) is 0 Å². The van der Waals surface area contributed by atoms with Crippen molar-refractivity contribution in [1.82, 2.24) is 15.2 Å². The van der Waals surface area contributed by atoms with Gasteiger partial charge in [-0.15, -0.1) is 0 Å². The molecule has 1 aliphatic rings. The summed E-state index contributed by atoms with van der Waals surface area (Å²) < 4.78 is 0. The summed E-state index contributed by atoms with van der Waals surface area (Å²) in [7, 11) is 2.12. The molecular weight excluding hydrogens is 264 g/mol. The molecule has 1 aromatic heterocycles.